The Kier molecular flexibility index (Phi) is 3.80. The number of hydrogen-bond acceptors (Lipinski definition) is 3. The van der Waals surface area contributed by atoms with Gasteiger partial charge >= 0.3 is 0 Å². The van der Waals surface area contributed by atoms with Crippen molar-refractivity contribution < 1.29 is 4.79 Å². The summed E-state index contributed by atoms with van der Waals surface area (Å²) >= 11 is 0. The Morgan fingerprint density at radius 3 is 2.55 bits per heavy atom. The first-order chi connectivity index (χ1) is 9.46. The molecular formula is C16H29N3O. The van der Waals surface area contributed by atoms with Crippen molar-refractivity contribution >= 4 is 5.91 Å². The van der Waals surface area contributed by atoms with Gasteiger partial charge in [-0.15, -0.1) is 0 Å². The Hall–Kier alpha value is -0.610. The standard InChI is InChI=1S/C16H29N3O/c1-16(15(17)20,18-14-5-6-14)10-19(2)9-13-8-11-3-4-12(13)7-11/h11-14,18H,3-10H2,1-2H3,(H2,17,20). The minimum atomic E-state index is -0.576. The van der Waals surface area contributed by atoms with Crippen molar-refractivity contribution in [2.24, 2.45) is 23.5 Å². The summed E-state index contributed by atoms with van der Waals surface area (Å²) in [4.78, 5) is 14.1. The van der Waals surface area contributed by atoms with Gasteiger partial charge in [-0.3, -0.25) is 10.1 Å². The zero-order valence-electron chi connectivity index (χ0n) is 12.9. The second-order valence-electron chi connectivity index (χ2n) is 7.75. The summed E-state index contributed by atoms with van der Waals surface area (Å²) in [6, 6.07) is 0.503. The second-order valence-corrected chi connectivity index (χ2v) is 7.75. The van der Waals surface area contributed by atoms with E-state index >= 15 is 0 Å². The Balaban J connectivity index is 1.53. The molecule has 0 aromatic rings. The molecule has 114 valence electrons. The lowest BCUT2D eigenvalue weighted by Gasteiger charge is -2.34. The molecule has 0 spiro atoms. The van der Waals surface area contributed by atoms with Gasteiger partial charge in [0.1, 0.15) is 5.54 Å². The summed E-state index contributed by atoms with van der Waals surface area (Å²) in [7, 11) is 2.14. The maximum absolute atomic E-state index is 11.8. The Morgan fingerprint density at radius 2 is 2.05 bits per heavy atom. The smallest absolute Gasteiger partial charge is 0.238 e. The number of nitrogens with zero attached hydrogens (tertiary/aromatic N) is 1. The number of fused-ring (bicyclic) bond motifs is 2. The van der Waals surface area contributed by atoms with Gasteiger partial charge in [-0.05, 0) is 63.8 Å². The lowest BCUT2D eigenvalue weighted by molar-refractivity contribution is -0.124. The van der Waals surface area contributed by atoms with Gasteiger partial charge in [-0.25, -0.2) is 0 Å². The number of carbonyl (C=O) groups is 1. The molecule has 0 heterocycles. The maximum Gasteiger partial charge on any atom is 0.238 e. The van der Waals surface area contributed by atoms with Gasteiger partial charge in [0.05, 0.1) is 0 Å². The van der Waals surface area contributed by atoms with Gasteiger partial charge in [0.15, 0.2) is 0 Å². The first-order valence-corrected chi connectivity index (χ1v) is 8.22. The number of rotatable bonds is 7. The molecule has 2 bridgehead atoms. The van der Waals surface area contributed by atoms with E-state index in [-0.39, 0.29) is 5.91 Å². The molecule has 4 atom stereocenters. The molecule has 1 amide bonds. The van der Waals surface area contributed by atoms with E-state index in [0.717, 1.165) is 30.8 Å². The predicted octanol–water partition coefficient (Wildman–Crippen LogP) is 1.35. The molecule has 3 aliphatic carbocycles. The molecule has 0 aromatic carbocycles. The molecule has 0 aliphatic heterocycles. The summed E-state index contributed by atoms with van der Waals surface area (Å²) in [5.41, 5.74) is 5.06. The van der Waals surface area contributed by atoms with Crippen molar-refractivity contribution in [2.75, 3.05) is 20.1 Å². The number of amides is 1. The largest absolute Gasteiger partial charge is 0.368 e. The molecule has 3 saturated carbocycles. The van der Waals surface area contributed by atoms with Gasteiger partial charge < -0.3 is 10.6 Å². The number of carbonyl (C=O) groups excluding carboxylic acids is 1. The van der Waals surface area contributed by atoms with E-state index in [2.05, 4.69) is 17.3 Å². The van der Waals surface area contributed by atoms with Crippen LogP contribution >= 0.6 is 0 Å². The van der Waals surface area contributed by atoms with Crippen LogP contribution in [-0.2, 0) is 4.79 Å². The molecule has 3 rings (SSSR count). The van der Waals surface area contributed by atoms with E-state index in [0.29, 0.717) is 6.04 Å². The van der Waals surface area contributed by atoms with Gasteiger partial charge in [-0.2, -0.15) is 0 Å². The number of nitrogens with two attached hydrogens (primary N) is 1. The SMILES string of the molecule is CN(CC1CC2CCC1C2)CC(C)(NC1CC1)C(N)=O. The first-order valence-electron chi connectivity index (χ1n) is 8.22. The number of hydrogen-bond donors (Lipinski definition) is 2. The highest BCUT2D eigenvalue weighted by Crippen LogP contribution is 2.48. The van der Waals surface area contributed by atoms with E-state index in [1.165, 1.54) is 38.5 Å². The molecular weight excluding hydrogens is 250 g/mol. The summed E-state index contributed by atoms with van der Waals surface area (Å²) < 4.78 is 0. The van der Waals surface area contributed by atoms with Gasteiger partial charge in [0, 0.05) is 19.1 Å². The number of likely N-dealkylation sites (N-methyl/N-ethyl adjacent to an activating group) is 1. The van der Waals surface area contributed by atoms with Crippen LogP contribution in [-0.4, -0.2) is 42.5 Å². The van der Waals surface area contributed by atoms with Crippen molar-refractivity contribution in [3.63, 3.8) is 0 Å². The average Bonchev–Trinajstić information content (AvgIpc) is 2.93. The lowest BCUT2D eigenvalue weighted by Crippen LogP contribution is -2.60. The summed E-state index contributed by atoms with van der Waals surface area (Å²) in [6.07, 6.45) is 8.09. The lowest BCUT2D eigenvalue weighted by atomic mass is 9.88. The molecule has 0 saturated heterocycles. The topological polar surface area (TPSA) is 58.4 Å². The quantitative estimate of drug-likeness (QED) is 0.739. The fraction of sp³-hybridized carbons (Fsp3) is 0.938. The van der Waals surface area contributed by atoms with Crippen molar-refractivity contribution in [1.29, 1.82) is 0 Å². The Labute approximate surface area is 122 Å². The van der Waals surface area contributed by atoms with Gasteiger partial charge in [-0.1, -0.05) is 6.42 Å². The fourth-order valence-electron chi connectivity index (χ4n) is 4.48. The third-order valence-electron chi connectivity index (χ3n) is 5.66. The van der Waals surface area contributed by atoms with Crippen LogP contribution in [0.3, 0.4) is 0 Å². The highest BCUT2D eigenvalue weighted by Gasteiger charge is 2.41. The highest BCUT2D eigenvalue weighted by atomic mass is 16.1. The maximum atomic E-state index is 11.8. The first kappa shape index (κ1) is 14.3. The molecule has 4 unspecified atom stereocenters. The van der Waals surface area contributed by atoms with Gasteiger partial charge in [0.25, 0.3) is 0 Å². The fourth-order valence-corrected chi connectivity index (χ4v) is 4.48. The van der Waals surface area contributed by atoms with Crippen LogP contribution in [0.2, 0.25) is 0 Å². The van der Waals surface area contributed by atoms with Crippen LogP contribution in [0.25, 0.3) is 0 Å². The number of primary amides is 1. The normalized spacial score (nSPS) is 35.5. The van der Waals surface area contributed by atoms with Gasteiger partial charge in [0.2, 0.25) is 5.91 Å². The molecule has 0 radical (unpaired) electrons. The second kappa shape index (κ2) is 5.30. The van der Waals surface area contributed by atoms with E-state index in [9.17, 15) is 4.79 Å². The minimum Gasteiger partial charge on any atom is -0.368 e. The summed E-state index contributed by atoms with van der Waals surface area (Å²) in [5, 5.41) is 3.44. The van der Waals surface area contributed by atoms with Crippen LogP contribution in [0.15, 0.2) is 0 Å². The zero-order valence-corrected chi connectivity index (χ0v) is 12.9. The molecule has 3 fully saturated rings. The molecule has 4 heteroatoms. The van der Waals surface area contributed by atoms with Crippen molar-refractivity contribution in [2.45, 2.75) is 57.0 Å². The van der Waals surface area contributed by atoms with Crippen LogP contribution < -0.4 is 11.1 Å². The molecule has 3 N–H and O–H groups in total. The summed E-state index contributed by atoms with van der Waals surface area (Å²) in [5.74, 6) is 2.56. The van der Waals surface area contributed by atoms with Crippen molar-refractivity contribution in [3.8, 4) is 0 Å². The molecule has 0 aromatic heterocycles. The third-order valence-corrected chi connectivity index (χ3v) is 5.66. The van der Waals surface area contributed by atoms with E-state index in [1.54, 1.807) is 0 Å². The van der Waals surface area contributed by atoms with Crippen molar-refractivity contribution in [1.82, 2.24) is 10.2 Å². The summed E-state index contributed by atoms with van der Waals surface area (Å²) in [6.45, 7) is 3.81. The van der Waals surface area contributed by atoms with E-state index in [4.69, 9.17) is 5.73 Å². The molecule has 20 heavy (non-hydrogen) atoms. The Morgan fingerprint density at radius 1 is 1.30 bits per heavy atom. The molecule has 3 aliphatic rings. The van der Waals surface area contributed by atoms with E-state index in [1.807, 2.05) is 6.92 Å². The van der Waals surface area contributed by atoms with Crippen LogP contribution in [0.5, 0.6) is 0 Å². The minimum absolute atomic E-state index is 0.218. The third kappa shape index (κ3) is 3.01. The highest BCUT2D eigenvalue weighted by molar-refractivity contribution is 5.84. The monoisotopic (exact) mass is 279 g/mol. The number of nitrogens with one attached hydrogen (secondary N) is 1. The Bertz CT molecular complexity index is 382. The van der Waals surface area contributed by atoms with Crippen molar-refractivity contribution in [3.05, 3.63) is 0 Å². The average molecular weight is 279 g/mol. The van der Waals surface area contributed by atoms with E-state index < -0.39 is 5.54 Å². The predicted molar refractivity (Wildman–Crippen MR) is 80.2 cm³/mol. The van der Waals surface area contributed by atoms with Crippen LogP contribution in [0.1, 0.15) is 45.4 Å². The van der Waals surface area contributed by atoms with Crippen LogP contribution in [0.4, 0.5) is 0 Å². The molecule has 4 nitrogen and oxygen atoms in total. The van der Waals surface area contributed by atoms with Crippen LogP contribution in [0, 0.1) is 17.8 Å². The zero-order chi connectivity index (χ0) is 14.3.